The Balaban J connectivity index is 2.57. The van der Waals surface area contributed by atoms with Crippen LogP contribution >= 0.6 is 0 Å². The zero-order valence-electron chi connectivity index (χ0n) is 13.3. The fourth-order valence-corrected chi connectivity index (χ4v) is 2.28. The maximum Gasteiger partial charge on any atom is 0.0233 e. The minimum Gasteiger partial charge on any atom is -0.312 e. The summed E-state index contributed by atoms with van der Waals surface area (Å²) in [5, 5.41) is 3.56. The van der Waals surface area contributed by atoms with Crippen molar-refractivity contribution in [2.75, 3.05) is 20.1 Å². The minimum absolute atomic E-state index is 0.202. The van der Waals surface area contributed by atoms with E-state index in [1.54, 1.807) is 0 Å². The van der Waals surface area contributed by atoms with Gasteiger partial charge in [0.1, 0.15) is 0 Å². The van der Waals surface area contributed by atoms with E-state index in [0.717, 1.165) is 26.1 Å². The van der Waals surface area contributed by atoms with Crippen molar-refractivity contribution >= 4 is 0 Å². The van der Waals surface area contributed by atoms with Crippen LogP contribution in [0.25, 0.3) is 0 Å². The first-order valence-electron chi connectivity index (χ1n) is 7.42. The van der Waals surface area contributed by atoms with Crippen molar-refractivity contribution in [2.45, 2.75) is 52.6 Å². The molecule has 0 saturated heterocycles. The van der Waals surface area contributed by atoms with E-state index in [-0.39, 0.29) is 5.54 Å². The number of hydrogen-bond donors (Lipinski definition) is 1. The summed E-state index contributed by atoms with van der Waals surface area (Å²) in [5.41, 5.74) is 3.14. The molecule has 0 spiro atoms. The zero-order valence-corrected chi connectivity index (χ0v) is 13.3. The summed E-state index contributed by atoms with van der Waals surface area (Å²) in [6.07, 6.45) is 2.32. The second-order valence-corrected chi connectivity index (χ2v) is 6.43. The standard InChI is InChI=1S/C17H30N2/c1-6-13-19(5)14-16-10-8-7-9-15(16)11-12-18-17(2,3)4/h7-10,18H,6,11-14H2,1-5H3. The Morgan fingerprint density at radius 1 is 1.11 bits per heavy atom. The predicted octanol–water partition coefficient (Wildman–Crippen LogP) is 3.46. The van der Waals surface area contributed by atoms with Gasteiger partial charge in [0.2, 0.25) is 0 Å². The highest BCUT2D eigenvalue weighted by atomic mass is 15.1. The quantitative estimate of drug-likeness (QED) is 0.809. The minimum atomic E-state index is 0.202. The van der Waals surface area contributed by atoms with Crippen LogP contribution in [0.1, 0.15) is 45.2 Å². The van der Waals surface area contributed by atoms with Crippen LogP contribution in [0.5, 0.6) is 0 Å². The highest BCUT2D eigenvalue weighted by molar-refractivity contribution is 5.27. The second-order valence-electron chi connectivity index (χ2n) is 6.43. The molecule has 0 fully saturated rings. The van der Waals surface area contributed by atoms with Crippen LogP contribution in [0.4, 0.5) is 0 Å². The zero-order chi connectivity index (χ0) is 14.3. The third-order valence-corrected chi connectivity index (χ3v) is 3.21. The lowest BCUT2D eigenvalue weighted by Crippen LogP contribution is -2.37. The number of rotatable bonds is 7. The Bertz CT molecular complexity index is 366. The van der Waals surface area contributed by atoms with Crippen molar-refractivity contribution < 1.29 is 0 Å². The third-order valence-electron chi connectivity index (χ3n) is 3.21. The second kappa shape index (κ2) is 7.66. The van der Waals surface area contributed by atoms with E-state index < -0.39 is 0 Å². The molecule has 0 saturated carbocycles. The van der Waals surface area contributed by atoms with E-state index in [4.69, 9.17) is 0 Å². The SMILES string of the molecule is CCCN(C)Cc1ccccc1CCNC(C)(C)C. The highest BCUT2D eigenvalue weighted by Gasteiger charge is 2.09. The molecular formula is C17H30N2. The molecule has 1 N–H and O–H groups in total. The van der Waals surface area contributed by atoms with Gasteiger partial charge in [-0.2, -0.15) is 0 Å². The number of hydrogen-bond acceptors (Lipinski definition) is 2. The number of nitrogens with zero attached hydrogens (tertiary/aromatic N) is 1. The van der Waals surface area contributed by atoms with E-state index in [1.165, 1.54) is 17.5 Å². The maximum atomic E-state index is 3.56. The average molecular weight is 262 g/mol. The number of nitrogens with one attached hydrogen (secondary N) is 1. The number of benzene rings is 1. The predicted molar refractivity (Wildman–Crippen MR) is 84.5 cm³/mol. The first-order chi connectivity index (χ1) is 8.92. The van der Waals surface area contributed by atoms with Gasteiger partial charge in [0, 0.05) is 12.1 Å². The monoisotopic (exact) mass is 262 g/mol. The summed E-state index contributed by atoms with van der Waals surface area (Å²) < 4.78 is 0. The van der Waals surface area contributed by atoms with Crippen molar-refractivity contribution in [2.24, 2.45) is 0 Å². The molecule has 1 aromatic carbocycles. The van der Waals surface area contributed by atoms with Gasteiger partial charge in [0.15, 0.2) is 0 Å². The molecule has 2 heteroatoms. The molecule has 0 unspecified atom stereocenters. The van der Waals surface area contributed by atoms with Crippen LogP contribution in [0.15, 0.2) is 24.3 Å². The van der Waals surface area contributed by atoms with Crippen LogP contribution in [-0.2, 0) is 13.0 Å². The summed E-state index contributed by atoms with van der Waals surface area (Å²) in [5.74, 6) is 0. The topological polar surface area (TPSA) is 15.3 Å². The Morgan fingerprint density at radius 2 is 1.74 bits per heavy atom. The summed E-state index contributed by atoms with van der Waals surface area (Å²) in [4.78, 5) is 2.40. The lowest BCUT2D eigenvalue weighted by molar-refractivity contribution is 0.326. The van der Waals surface area contributed by atoms with Crippen LogP contribution in [0.3, 0.4) is 0 Å². The molecule has 1 rings (SSSR count). The summed E-state index contributed by atoms with van der Waals surface area (Å²) in [7, 11) is 2.20. The van der Waals surface area contributed by atoms with Crippen molar-refractivity contribution in [3.8, 4) is 0 Å². The average Bonchev–Trinajstić information content (AvgIpc) is 2.30. The smallest absolute Gasteiger partial charge is 0.0233 e. The molecule has 0 aromatic heterocycles. The van der Waals surface area contributed by atoms with E-state index in [2.05, 4.69) is 69.2 Å². The molecule has 0 bridgehead atoms. The first kappa shape index (κ1) is 16.2. The fourth-order valence-electron chi connectivity index (χ4n) is 2.28. The fraction of sp³-hybridized carbons (Fsp3) is 0.647. The lowest BCUT2D eigenvalue weighted by atomic mass is 10.0. The molecule has 0 radical (unpaired) electrons. The van der Waals surface area contributed by atoms with Gasteiger partial charge in [-0.15, -0.1) is 0 Å². The van der Waals surface area contributed by atoms with Gasteiger partial charge in [-0.05, 0) is 64.9 Å². The van der Waals surface area contributed by atoms with Crippen molar-refractivity contribution in [3.63, 3.8) is 0 Å². The van der Waals surface area contributed by atoms with Crippen molar-refractivity contribution in [1.82, 2.24) is 10.2 Å². The third kappa shape index (κ3) is 6.74. The molecule has 0 amide bonds. The Kier molecular flexibility index (Phi) is 6.53. The first-order valence-corrected chi connectivity index (χ1v) is 7.42. The van der Waals surface area contributed by atoms with Crippen LogP contribution in [-0.4, -0.2) is 30.6 Å². The van der Waals surface area contributed by atoms with Crippen LogP contribution < -0.4 is 5.32 Å². The van der Waals surface area contributed by atoms with E-state index in [9.17, 15) is 0 Å². The summed E-state index contributed by atoms with van der Waals surface area (Å²) in [6.45, 7) is 12.1. The summed E-state index contributed by atoms with van der Waals surface area (Å²) >= 11 is 0. The van der Waals surface area contributed by atoms with Gasteiger partial charge < -0.3 is 10.2 Å². The van der Waals surface area contributed by atoms with E-state index >= 15 is 0 Å². The van der Waals surface area contributed by atoms with Gasteiger partial charge in [0.05, 0.1) is 0 Å². The van der Waals surface area contributed by atoms with Gasteiger partial charge in [-0.1, -0.05) is 31.2 Å². The molecule has 0 atom stereocenters. The van der Waals surface area contributed by atoms with Gasteiger partial charge in [0.25, 0.3) is 0 Å². The molecule has 19 heavy (non-hydrogen) atoms. The van der Waals surface area contributed by atoms with Gasteiger partial charge in [-0.3, -0.25) is 0 Å². The molecule has 2 nitrogen and oxygen atoms in total. The van der Waals surface area contributed by atoms with E-state index in [1.807, 2.05) is 0 Å². The molecule has 108 valence electrons. The van der Waals surface area contributed by atoms with E-state index in [0.29, 0.717) is 0 Å². The molecule has 0 aliphatic carbocycles. The molecular weight excluding hydrogens is 232 g/mol. The molecule has 0 heterocycles. The van der Waals surface area contributed by atoms with Crippen LogP contribution in [0, 0.1) is 0 Å². The highest BCUT2D eigenvalue weighted by Crippen LogP contribution is 2.12. The molecule has 1 aromatic rings. The Hall–Kier alpha value is -0.860. The Labute approximate surface area is 119 Å². The largest absolute Gasteiger partial charge is 0.312 e. The summed E-state index contributed by atoms with van der Waals surface area (Å²) in [6, 6.07) is 8.82. The molecule has 0 aliphatic rings. The van der Waals surface area contributed by atoms with Gasteiger partial charge in [-0.25, -0.2) is 0 Å². The molecule has 0 aliphatic heterocycles. The van der Waals surface area contributed by atoms with Crippen LogP contribution in [0.2, 0.25) is 0 Å². The normalized spacial score (nSPS) is 12.1. The Morgan fingerprint density at radius 3 is 2.32 bits per heavy atom. The maximum absolute atomic E-state index is 3.56. The lowest BCUT2D eigenvalue weighted by Gasteiger charge is -2.22. The van der Waals surface area contributed by atoms with Crippen molar-refractivity contribution in [1.29, 1.82) is 0 Å². The van der Waals surface area contributed by atoms with Gasteiger partial charge >= 0.3 is 0 Å². The van der Waals surface area contributed by atoms with Crippen molar-refractivity contribution in [3.05, 3.63) is 35.4 Å².